The zero-order valence-corrected chi connectivity index (χ0v) is 15.8. The zero-order valence-electron chi connectivity index (χ0n) is 15.0. The van der Waals surface area contributed by atoms with Crippen LogP contribution in [0.15, 0.2) is 54.6 Å². The number of amides is 1. The van der Waals surface area contributed by atoms with Gasteiger partial charge in [0.2, 0.25) is 5.91 Å². The fourth-order valence-electron chi connectivity index (χ4n) is 2.55. The van der Waals surface area contributed by atoms with Crippen molar-refractivity contribution in [2.24, 2.45) is 5.73 Å². The molecule has 3 N–H and O–H groups in total. The van der Waals surface area contributed by atoms with Gasteiger partial charge in [0.05, 0.1) is 7.11 Å². The Bertz CT molecular complexity index is 657. The maximum absolute atomic E-state index is 12.2. The molecule has 0 bridgehead atoms. The van der Waals surface area contributed by atoms with E-state index in [9.17, 15) is 4.79 Å². The Kier molecular flexibility index (Phi) is 7.94. The number of ether oxygens (including phenoxy) is 1. The predicted molar refractivity (Wildman–Crippen MR) is 104 cm³/mol. The highest BCUT2D eigenvalue weighted by Gasteiger charge is 2.22. The molecule has 0 radical (unpaired) electrons. The van der Waals surface area contributed by atoms with E-state index in [-0.39, 0.29) is 36.2 Å². The van der Waals surface area contributed by atoms with Gasteiger partial charge in [0.25, 0.3) is 0 Å². The van der Waals surface area contributed by atoms with Crippen molar-refractivity contribution in [3.63, 3.8) is 0 Å². The number of rotatable bonds is 7. The van der Waals surface area contributed by atoms with E-state index < -0.39 is 0 Å². The molecular weight excluding hydrogens is 336 g/mol. The number of halogens is 1. The van der Waals surface area contributed by atoms with E-state index in [0.29, 0.717) is 6.54 Å². The van der Waals surface area contributed by atoms with Crippen molar-refractivity contribution in [3.8, 4) is 5.75 Å². The first kappa shape index (κ1) is 21.0. The van der Waals surface area contributed by atoms with Gasteiger partial charge < -0.3 is 15.8 Å². The lowest BCUT2D eigenvalue weighted by Gasteiger charge is -2.26. The molecule has 0 aliphatic rings. The Labute approximate surface area is 156 Å². The Morgan fingerprint density at radius 3 is 2.28 bits per heavy atom. The average molecular weight is 363 g/mol. The molecule has 2 aromatic carbocycles. The minimum Gasteiger partial charge on any atom is -0.497 e. The quantitative estimate of drug-likeness (QED) is 0.790. The molecule has 136 valence electrons. The Balaban J connectivity index is 0.00000312. The molecule has 0 fully saturated rings. The first-order chi connectivity index (χ1) is 11.4. The maximum atomic E-state index is 12.2. The summed E-state index contributed by atoms with van der Waals surface area (Å²) in [5.41, 5.74) is 8.06. The number of methoxy groups -OCH3 is 1. The van der Waals surface area contributed by atoms with Crippen LogP contribution in [0.3, 0.4) is 0 Å². The number of benzene rings is 2. The van der Waals surface area contributed by atoms with Gasteiger partial charge in [0.1, 0.15) is 5.75 Å². The van der Waals surface area contributed by atoms with E-state index in [1.165, 1.54) is 0 Å². The SMILES string of the molecule is COc1ccc(C(C)(C)CNC(=O)CC(N)c2ccccc2)cc1.Cl. The van der Waals surface area contributed by atoms with Crippen molar-refractivity contribution >= 4 is 18.3 Å². The van der Waals surface area contributed by atoms with Crippen LogP contribution in [-0.2, 0) is 10.2 Å². The fraction of sp³-hybridized carbons (Fsp3) is 0.350. The summed E-state index contributed by atoms with van der Waals surface area (Å²) in [7, 11) is 1.65. The molecule has 1 unspecified atom stereocenters. The van der Waals surface area contributed by atoms with E-state index in [1.807, 2.05) is 54.6 Å². The van der Waals surface area contributed by atoms with Crippen LogP contribution in [0, 0.1) is 0 Å². The fourth-order valence-corrected chi connectivity index (χ4v) is 2.55. The van der Waals surface area contributed by atoms with Gasteiger partial charge in [-0.15, -0.1) is 12.4 Å². The zero-order chi connectivity index (χ0) is 17.6. The van der Waals surface area contributed by atoms with Crippen LogP contribution in [0.2, 0.25) is 0 Å². The summed E-state index contributed by atoms with van der Waals surface area (Å²) in [5, 5.41) is 3.00. The van der Waals surface area contributed by atoms with Gasteiger partial charge in [-0.25, -0.2) is 0 Å². The van der Waals surface area contributed by atoms with Crippen molar-refractivity contribution in [1.29, 1.82) is 0 Å². The second kappa shape index (κ2) is 9.44. The Morgan fingerprint density at radius 2 is 1.72 bits per heavy atom. The lowest BCUT2D eigenvalue weighted by Crippen LogP contribution is -2.37. The third kappa shape index (κ3) is 6.07. The number of carbonyl (C=O) groups excluding carboxylic acids is 1. The monoisotopic (exact) mass is 362 g/mol. The molecular formula is C20H27ClN2O2. The molecule has 1 amide bonds. The second-order valence-electron chi connectivity index (χ2n) is 6.61. The van der Waals surface area contributed by atoms with Gasteiger partial charge in [-0.3, -0.25) is 4.79 Å². The molecule has 0 aliphatic carbocycles. The van der Waals surface area contributed by atoms with Crippen LogP contribution in [0.4, 0.5) is 0 Å². The van der Waals surface area contributed by atoms with Gasteiger partial charge in [0.15, 0.2) is 0 Å². The third-order valence-corrected chi connectivity index (χ3v) is 4.23. The summed E-state index contributed by atoms with van der Waals surface area (Å²) in [6, 6.07) is 17.3. The third-order valence-electron chi connectivity index (χ3n) is 4.23. The molecule has 25 heavy (non-hydrogen) atoms. The second-order valence-corrected chi connectivity index (χ2v) is 6.61. The van der Waals surface area contributed by atoms with E-state index in [1.54, 1.807) is 7.11 Å². The van der Waals surface area contributed by atoms with E-state index in [2.05, 4.69) is 19.2 Å². The maximum Gasteiger partial charge on any atom is 0.221 e. The molecule has 2 rings (SSSR count). The van der Waals surface area contributed by atoms with E-state index in [4.69, 9.17) is 10.5 Å². The highest BCUT2D eigenvalue weighted by atomic mass is 35.5. The van der Waals surface area contributed by atoms with Gasteiger partial charge in [-0.2, -0.15) is 0 Å². The van der Waals surface area contributed by atoms with Crippen LogP contribution in [0.1, 0.15) is 37.4 Å². The van der Waals surface area contributed by atoms with Crippen molar-refractivity contribution in [2.45, 2.75) is 31.7 Å². The van der Waals surface area contributed by atoms with Crippen molar-refractivity contribution < 1.29 is 9.53 Å². The van der Waals surface area contributed by atoms with Gasteiger partial charge in [0, 0.05) is 24.4 Å². The van der Waals surface area contributed by atoms with Gasteiger partial charge in [-0.05, 0) is 23.3 Å². The number of nitrogens with one attached hydrogen (secondary N) is 1. The molecule has 2 aromatic rings. The van der Waals surface area contributed by atoms with Gasteiger partial charge >= 0.3 is 0 Å². The highest BCUT2D eigenvalue weighted by molar-refractivity contribution is 5.85. The molecule has 0 aliphatic heterocycles. The van der Waals surface area contributed by atoms with Crippen LogP contribution < -0.4 is 15.8 Å². The molecule has 0 spiro atoms. The normalized spacial score (nSPS) is 12.0. The lowest BCUT2D eigenvalue weighted by molar-refractivity contribution is -0.121. The largest absolute Gasteiger partial charge is 0.497 e. The number of hydrogen-bond donors (Lipinski definition) is 2. The minimum absolute atomic E-state index is 0. The van der Waals surface area contributed by atoms with Crippen LogP contribution in [0.5, 0.6) is 5.75 Å². The first-order valence-electron chi connectivity index (χ1n) is 8.14. The van der Waals surface area contributed by atoms with Crippen molar-refractivity contribution in [1.82, 2.24) is 5.32 Å². The van der Waals surface area contributed by atoms with Gasteiger partial charge in [-0.1, -0.05) is 56.3 Å². The molecule has 0 heterocycles. The highest BCUT2D eigenvalue weighted by Crippen LogP contribution is 2.24. The lowest BCUT2D eigenvalue weighted by atomic mass is 9.84. The summed E-state index contributed by atoms with van der Waals surface area (Å²) in [6.07, 6.45) is 0.280. The number of carbonyl (C=O) groups is 1. The summed E-state index contributed by atoms with van der Waals surface area (Å²) >= 11 is 0. The Hall–Kier alpha value is -2.04. The molecule has 1 atom stereocenters. The number of hydrogen-bond acceptors (Lipinski definition) is 3. The van der Waals surface area contributed by atoms with Crippen molar-refractivity contribution in [3.05, 3.63) is 65.7 Å². The summed E-state index contributed by atoms with van der Waals surface area (Å²) in [4.78, 5) is 12.2. The van der Waals surface area contributed by atoms with Crippen LogP contribution in [-0.4, -0.2) is 19.6 Å². The molecule has 0 saturated heterocycles. The average Bonchev–Trinajstić information content (AvgIpc) is 2.61. The first-order valence-corrected chi connectivity index (χ1v) is 8.14. The summed E-state index contributed by atoms with van der Waals surface area (Å²) in [5.74, 6) is 0.792. The molecule has 5 heteroatoms. The van der Waals surface area contributed by atoms with Crippen LogP contribution >= 0.6 is 12.4 Å². The smallest absolute Gasteiger partial charge is 0.221 e. The standard InChI is InChI=1S/C20H26N2O2.ClH/c1-20(2,16-9-11-17(24-3)12-10-16)14-22-19(23)13-18(21)15-7-5-4-6-8-15;/h4-12,18H,13-14,21H2,1-3H3,(H,22,23);1H. The summed E-state index contributed by atoms with van der Waals surface area (Å²) in [6.45, 7) is 4.76. The summed E-state index contributed by atoms with van der Waals surface area (Å²) < 4.78 is 5.18. The molecule has 0 aromatic heterocycles. The molecule has 0 saturated carbocycles. The van der Waals surface area contributed by atoms with Crippen LogP contribution in [0.25, 0.3) is 0 Å². The topological polar surface area (TPSA) is 64.3 Å². The number of nitrogens with two attached hydrogens (primary N) is 1. The van der Waals surface area contributed by atoms with E-state index >= 15 is 0 Å². The minimum atomic E-state index is -0.282. The molecule has 4 nitrogen and oxygen atoms in total. The Morgan fingerprint density at radius 1 is 1.12 bits per heavy atom. The van der Waals surface area contributed by atoms with E-state index in [0.717, 1.165) is 16.9 Å². The predicted octanol–water partition coefficient (Wildman–Crippen LogP) is 3.60. The van der Waals surface area contributed by atoms with Crippen molar-refractivity contribution in [2.75, 3.05) is 13.7 Å².